The molecule has 0 aliphatic carbocycles. The van der Waals surface area contributed by atoms with E-state index in [1.165, 1.54) is 5.69 Å². The molecule has 0 unspecified atom stereocenters. The molecule has 5 heteroatoms. The topological polar surface area (TPSA) is 34.1 Å². The fourth-order valence-corrected chi connectivity index (χ4v) is 3.09. The van der Waals surface area contributed by atoms with E-state index in [1.54, 1.807) is 6.08 Å². The standard InChI is InChI=1S/C20H21BrN2O2/c1-2-11-25-20-8-3-16(14-19(20)21)15-22-17-4-6-18(7-5-17)23-9-12-24-13-10-23/h2-8,14-15H,1,9-13H2. The fourth-order valence-electron chi connectivity index (χ4n) is 2.58. The second-order valence-corrected chi connectivity index (χ2v) is 6.52. The molecule has 0 spiro atoms. The largest absolute Gasteiger partial charge is 0.488 e. The van der Waals surface area contributed by atoms with Gasteiger partial charge in [-0.1, -0.05) is 12.7 Å². The van der Waals surface area contributed by atoms with Crippen LogP contribution in [0.2, 0.25) is 0 Å². The van der Waals surface area contributed by atoms with Gasteiger partial charge in [0, 0.05) is 25.0 Å². The summed E-state index contributed by atoms with van der Waals surface area (Å²) >= 11 is 3.52. The maximum Gasteiger partial charge on any atom is 0.133 e. The normalized spacial score (nSPS) is 14.7. The number of rotatable bonds is 6. The van der Waals surface area contributed by atoms with Gasteiger partial charge in [-0.2, -0.15) is 0 Å². The van der Waals surface area contributed by atoms with Gasteiger partial charge in [0.2, 0.25) is 0 Å². The van der Waals surface area contributed by atoms with Gasteiger partial charge < -0.3 is 14.4 Å². The van der Waals surface area contributed by atoms with Crippen LogP contribution in [0.4, 0.5) is 11.4 Å². The molecular weight excluding hydrogens is 380 g/mol. The van der Waals surface area contributed by atoms with Gasteiger partial charge in [0.05, 0.1) is 23.4 Å². The van der Waals surface area contributed by atoms with Gasteiger partial charge in [-0.3, -0.25) is 4.99 Å². The zero-order chi connectivity index (χ0) is 17.5. The molecule has 0 saturated carbocycles. The highest BCUT2D eigenvalue weighted by atomic mass is 79.9. The van der Waals surface area contributed by atoms with Crippen LogP contribution in [0.1, 0.15) is 5.56 Å². The summed E-state index contributed by atoms with van der Waals surface area (Å²) in [6, 6.07) is 14.2. The van der Waals surface area contributed by atoms with E-state index in [0.29, 0.717) is 6.61 Å². The van der Waals surface area contributed by atoms with Gasteiger partial charge in [0.25, 0.3) is 0 Å². The zero-order valence-corrected chi connectivity index (χ0v) is 15.6. The minimum Gasteiger partial charge on any atom is -0.488 e. The molecule has 4 nitrogen and oxygen atoms in total. The number of hydrogen-bond donors (Lipinski definition) is 0. The number of halogens is 1. The number of ether oxygens (including phenoxy) is 2. The smallest absolute Gasteiger partial charge is 0.133 e. The molecule has 25 heavy (non-hydrogen) atoms. The van der Waals surface area contributed by atoms with Crippen molar-refractivity contribution in [3.05, 3.63) is 65.2 Å². The SMILES string of the molecule is C=CCOc1ccc(C=Nc2ccc(N3CCOCC3)cc2)cc1Br. The van der Waals surface area contributed by atoms with Crippen LogP contribution in [0.15, 0.2) is 64.6 Å². The van der Waals surface area contributed by atoms with Crippen LogP contribution in [-0.2, 0) is 4.74 Å². The Bertz CT molecular complexity index is 738. The number of anilines is 1. The lowest BCUT2D eigenvalue weighted by molar-refractivity contribution is 0.122. The summed E-state index contributed by atoms with van der Waals surface area (Å²) in [6.45, 7) is 7.61. The molecule has 0 aromatic heterocycles. The minimum absolute atomic E-state index is 0.488. The van der Waals surface area contributed by atoms with Crippen molar-refractivity contribution in [2.75, 3.05) is 37.8 Å². The van der Waals surface area contributed by atoms with Crippen molar-refractivity contribution < 1.29 is 9.47 Å². The van der Waals surface area contributed by atoms with E-state index >= 15 is 0 Å². The second kappa shape index (κ2) is 8.83. The Morgan fingerprint density at radius 3 is 2.60 bits per heavy atom. The van der Waals surface area contributed by atoms with Gasteiger partial charge in [0.1, 0.15) is 12.4 Å². The summed E-state index contributed by atoms with van der Waals surface area (Å²) in [4.78, 5) is 6.88. The lowest BCUT2D eigenvalue weighted by Gasteiger charge is -2.28. The molecule has 130 valence electrons. The van der Waals surface area contributed by atoms with Crippen LogP contribution in [0.5, 0.6) is 5.75 Å². The summed E-state index contributed by atoms with van der Waals surface area (Å²) < 4.78 is 11.8. The Morgan fingerprint density at radius 2 is 1.92 bits per heavy atom. The number of morpholine rings is 1. The highest BCUT2D eigenvalue weighted by Gasteiger charge is 2.10. The molecule has 1 aliphatic heterocycles. The summed E-state index contributed by atoms with van der Waals surface area (Å²) in [5.41, 5.74) is 3.16. The third-order valence-electron chi connectivity index (χ3n) is 3.90. The van der Waals surface area contributed by atoms with Crippen molar-refractivity contribution in [1.29, 1.82) is 0 Å². The van der Waals surface area contributed by atoms with E-state index in [1.807, 2.05) is 36.5 Å². The molecule has 3 rings (SSSR count). The van der Waals surface area contributed by atoms with Crippen LogP contribution in [-0.4, -0.2) is 39.1 Å². The van der Waals surface area contributed by atoms with Crippen molar-refractivity contribution in [3.8, 4) is 5.75 Å². The number of aliphatic imine (C=N–C) groups is 1. The minimum atomic E-state index is 0.488. The van der Waals surface area contributed by atoms with Crippen LogP contribution in [0.25, 0.3) is 0 Å². The van der Waals surface area contributed by atoms with E-state index in [4.69, 9.17) is 9.47 Å². The van der Waals surface area contributed by atoms with Gasteiger partial charge in [0.15, 0.2) is 0 Å². The number of hydrogen-bond acceptors (Lipinski definition) is 4. The Hall–Kier alpha value is -2.11. The Kier molecular flexibility index (Phi) is 6.25. The highest BCUT2D eigenvalue weighted by Crippen LogP contribution is 2.26. The van der Waals surface area contributed by atoms with Crippen molar-refractivity contribution in [2.24, 2.45) is 4.99 Å². The molecule has 2 aromatic rings. The van der Waals surface area contributed by atoms with Crippen molar-refractivity contribution in [1.82, 2.24) is 0 Å². The van der Waals surface area contributed by atoms with E-state index in [0.717, 1.165) is 47.8 Å². The Morgan fingerprint density at radius 1 is 1.16 bits per heavy atom. The first-order chi connectivity index (χ1) is 12.3. The first-order valence-corrected chi connectivity index (χ1v) is 9.05. The molecule has 0 N–H and O–H groups in total. The van der Waals surface area contributed by atoms with Gasteiger partial charge in [-0.05, 0) is 64.0 Å². The van der Waals surface area contributed by atoms with Crippen molar-refractivity contribution >= 4 is 33.5 Å². The first kappa shape index (κ1) is 17.7. The van der Waals surface area contributed by atoms with E-state index in [-0.39, 0.29) is 0 Å². The fraction of sp³-hybridized carbons (Fsp3) is 0.250. The van der Waals surface area contributed by atoms with E-state index < -0.39 is 0 Å². The lowest BCUT2D eigenvalue weighted by atomic mass is 10.2. The maximum absolute atomic E-state index is 5.55. The molecule has 0 amide bonds. The molecule has 1 aliphatic rings. The third kappa shape index (κ3) is 4.94. The molecule has 0 atom stereocenters. The van der Waals surface area contributed by atoms with Gasteiger partial charge in [-0.15, -0.1) is 0 Å². The molecular formula is C20H21BrN2O2. The average Bonchev–Trinajstić information content (AvgIpc) is 2.67. The zero-order valence-electron chi connectivity index (χ0n) is 14.0. The van der Waals surface area contributed by atoms with Gasteiger partial charge >= 0.3 is 0 Å². The molecule has 1 heterocycles. The highest BCUT2D eigenvalue weighted by molar-refractivity contribution is 9.10. The summed E-state index contributed by atoms with van der Waals surface area (Å²) in [7, 11) is 0. The maximum atomic E-state index is 5.55. The Labute approximate surface area is 156 Å². The van der Waals surface area contributed by atoms with Crippen LogP contribution in [0, 0.1) is 0 Å². The van der Waals surface area contributed by atoms with Crippen LogP contribution in [0.3, 0.4) is 0 Å². The van der Waals surface area contributed by atoms with E-state index in [9.17, 15) is 0 Å². The van der Waals surface area contributed by atoms with Crippen molar-refractivity contribution in [2.45, 2.75) is 0 Å². The molecule has 0 radical (unpaired) electrons. The molecule has 2 aromatic carbocycles. The van der Waals surface area contributed by atoms with E-state index in [2.05, 4.69) is 44.5 Å². The molecule has 1 fully saturated rings. The van der Waals surface area contributed by atoms with Crippen LogP contribution < -0.4 is 9.64 Å². The number of benzene rings is 2. The lowest BCUT2D eigenvalue weighted by Crippen LogP contribution is -2.36. The third-order valence-corrected chi connectivity index (χ3v) is 4.52. The first-order valence-electron chi connectivity index (χ1n) is 8.26. The monoisotopic (exact) mass is 400 g/mol. The average molecular weight is 401 g/mol. The number of nitrogens with zero attached hydrogens (tertiary/aromatic N) is 2. The summed E-state index contributed by atoms with van der Waals surface area (Å²) in [6.07, 6.45) is 3.58. The predicted octanol–water partition coefficient (Wildman–Crippen LogP) is 4.60. The summed E-state index contributed by atoms with van der Waals surface area (Å²) in [5.74, 6) is 0.798. The molecule has 0 bridgehead atoms. The predicted molar refractivity (Wildman–Crippen MR) is 107 cm³/mol. The Balaban J connectivity index is 1.65. The summed E-state index contributed by atoms with van der Waals surface area (Å²) in [5, 5.41) is 0. The quantitative estimate of drug-likeness (QED) is 0.524. The van der Waals surface area contributed by atoms with Gasteiger partial charge in [-0.25, -0.2) is 0 Å². The second-order valence-electron chi connectivity index (χ2n) is 5.66. The van der Waals surface area contributed by atoms with Crippen molar-refractivity contribution in [3.63, 3.8) is 0 Å². The van der Waals surface area contributed by atoms with Crippen LogP contribution >= 0.6 is 15.9 Å². The molecule has 1 saturated heterocycles.